The van der Waals surface area contributed by atoms with Crippen LogP contribution in [0.4, 0.5) is 4.39 Å². The molecule has 0 aliphatic rings. The van der Waals surface area contributed by atoms with E-state index in [-0.39, 0.29) is 11.4 Å². The number of aryl methyl sites for hydroxylation is 2. The van der Waals surface area contributed by atoms with Gasteiger partial charge in [-0.2, -0.15) is 0 Å². The molecule has 0 bridgehead atoms. The van der Waals surface area contributed by atoms with Crippen LogP contribution >= 0.6 is 12.2 Å². The lowest BCUT2D eigenvalue weighted by Crippen LogP contribution is -1.94. The zero-order chi connectivity index (χ0) is 23.2. The van der Waals surface area contributed by atoms with Gasteiger partial charge in [0.15, 0.2) is 16.1 Å². The Labute approximate surface area is 201 Å². The second kappa shape index (κ2) is 11.1. The molecule has 0 aliphatic heterocycles. The van der Waals surface area contributed by atoms with E-state index in [0.717, 1.165) is 65.0 Å². The van der Waals surface area contributed by atoms with Crippen LogP contribution in [0.15, 0.2) is 59.0 Å². The van der Waals surface area contributed by atoms with E-state index in [4.69, 9.17) is 16.6 Å². The first kappa shape index (κ1) is 23.6. The third-order valence-corrected chi connectivity index (χ3v) is 6.83. The Morgan fingerprint density at radius 1 is 0.697 bits per heavy atom. The molecule has 0 amide bonds. The second-order valence-corrected chi connectivity index (χ2v) is 9.40. The lowest BCUT2D eigenvalue weighted by atomic mass is 9.98. The van der Waals surface area contributed by atoms with Crippen molar-refractivity contribution in [2.45, 2.75) is 71.6 Å². The van der Waals surface area contributed by atoms with Gasteiger partial charge < -0.3 is 4.42 Å². The zero-order valence-electron chi connectivity index (χ0n) is 19.8. The first-order valence-electron chi connectivity index (χ1n) is 12.4. The van der Waals surface area contributed by atoms with Gasteiger partial charge >= 0.3 is 0 Å². The smallest absolute Gasteiger partial charge is 0.198 e. The minimum absolute atomic E-state index is 0.260. The van der Waals surface area contributed by atoms with Crippen molar-refractivity contribution in [3.05, 3.63) is 76.2 Å². The van der Waals surface area contributed by atoms with E-state index < -0.39 is 0 Å². The van der Waals surface area contributed by atoms with Crippen LogP contribution in [0.25, 0.3) is 32.9 Å². The molecule has 0 spiro atoms. The number of fused-ring (bicyclic) bond motifs is 3. The Kier molecular flexibility index (Phi) is 7.93. The van der Waals surface area contributed by atoms with Gasteiger partial charge in [-0.1, -0.05) is 101 Å². The molecule has 0 N–H and O–H groups in total. The highest BCUT2D eigenvalue weighted by molar-refractivity contribution is 7.71. The van der Waals surface area contributed by atoms with Gasteiger partial charge in [0.05, 0.1) is 0 Å². The van der Waals surface area contributed by atoms with Crippen molar-refractivity contribution in [1.29, 1.82) is 0 Å². The molecule has 3 aromatic carbocycles. The minimum Gasteiger partial charge on any atom is -0.441 e. The summed E-state index contributed by atoms with van der Waals surface area (Å²) in [7, 11) is 0. The SMILES string of the molecule is CCCCCCCCc1ccc2c(oc(=S)c3cc(-c4ccc(CCC)cc4)ccc32)c1F. The number of hydrogen-bond donors (Lipinski definition) is 0. The topological polar surface area (TPSA) is 13.1 Å². The van der Waals surface area contributed by atoms with Crippen LogP contribution in [-0.2, 0) is 12.8 Å². The molecular formula is C30H33FOS. The fourth-order valence-corrected chi connectivity index (χ4v) is 4.88. The highest BCUT2D eigenvalue weighted by atomic mass is 32.1. The second-order valence-electron chi connectivity index (χ2n) is 9.03. The Morgan fingerprint density at radius 2 is 1.39 bits per heavy atom. The molecule has 4 rings (SSSR count). The normalized spacial score (nSPS) is 11.5. The molecule has 4 aromatic rings. The molecule has 172 valence electrons. The number of hydrogen-bond acceptors (Lipinski definition) is 2. The molecule has 0 saturated heterocycles. The lowest BCUT2D eigenvalue weighted by molar-refractivity contribution is 0.534. The highest BCUT2D eigenvalue weighted by Gasteiger charge is 2.14. The maximum atomic E-state index is 15.3. The summed E-state index contributed by atoms with van der Waals surface area (Å²) in [6, 6.07) is 18.8. The fourth-order valence-electron chi connectivity index (χ4n) is 4.63. The van der Waals surface area contributed by atoms with Gasteiger partial charge in [0, 0.05) is 10.8 Å². The van der Waals surface area contributed by atoms with Crippen LogP contribution in [0.2, 0.25) is 0 Å². The summed E-state index contributed by atoms with van der Waals surface area (Å²) in [6.45, 7) is 4.41. The summed E-state index contributed by atoms with van der Waals surface area (Å²) in [4.78, 5) is 0. The molecule has 0 atom stereocenters. The van der Waals surface area contributed by atoms with E-state index in [1.807, 2.05) is 18.2 Å². The van der Waals surface area contributed by atoms with Gasteiger partial charge in [0.1, 0.15) is 0 Å². The van der Waals surface area contributed by atoms with E-state index in [0.29, 0.717) is 4.71 Å². The first-order chi connectivity index (χ1) is 16.1. The van der Waals surface area contributed by atoms with Crippen molar-refractivity contribution in [2.24, 2.45) is 0 Å². The molecule has 1 nitrogen and oxygen atoms in total. The van der Waals surface area contributed by atoms with Crippen molar-refractivity contribution in [3.8, 4) is 11.1 Å². The van der Waals surface area contributed by atoms with E-state index in [1.165, 1.54) is 31.2 Å². The fraction of sp³-hybridized carbons (Fsp3) is 0.367. The molecule has 1 heterocycles. The number of halogens is 1. The first-order valence-corrected chi connectivity index (χ1v) is 12.8. The standard InChI is InChI=1S/C30H33FOS/c1-3-5-6-7-8-9-11-23-16-19-26-25-18-17-24(22-14-12-21(10-4-2)13-15-22)20-27(25)30(33)32-29(26)28(23)31/h12-20H,3-11H2,1-2H3. The third kappa shape index (κ3) is 5.35. The average molecular weight is 461 g/mol. The Morgan fingerprint density at radius 3 is 2.15 bits per heavy atom. The molecule has 0 unspecified atom stereocenters. The van der Waals surface area contributed by atoms with Crippen molar-refractivity contribution >= 4 is 34.0 Å². The summed E-state index contributed by atoms with van der Waals surface area (Å²) in [6.07, 6.45) is 10.1. The molecular weight excluding hydrogens is 427 g/mol. The van der Waals surface area contributed by atoms with Crippen LogP contribution in [0.1, 0.15) is 69.9 Å². The molecule has 3 heteroatoms. The summed E-state index contributed by atoms with van der Waals surface area (Å²) in [5.41, 5.74) is 4.59. The summed E-state index contributed by atoms with van der Waals surface area (Å²) >= 11 is 5.56. The van der Waals surface area contributed by atoms with Gasteiger partial charge in [-0.15, -0.1) is 0 Å². The quantitative estimate of drug-likeness (QED) is 0.133. The number of unbranched alkanes of at least 4 members (excludes halogenated alkanes) is 5. The van der Waals surface area contributed by atoms with Crippen LogP contribution in [0.5, 0.6) is 0 Å². The molecule has 33 heavy (non-hydrogen) atoms. The Hall–Kier alpha value is -2.52. The van der Waals surface area contributed by atoms with Gasteiger partial charge in [-0.05, 0) is 65.2 Å². The number of rotatable bonds is 10. The largest absolute Gasteiger partial charge is 0.441 e. The summed E-state index contributed by atoms with van der Waals surface area (Å²) < 4.78 is 21.5. The van der Waals surface area contributed by atoms with Gasteiger partial charge in [0.25, 0.3) is 0 Å². The lowest BCUT2D eigenvalue weighted by Gasteiger charge is -2.10. The molecule has 0 radical (unpaired) electrons. The molecule has 0 saturated carbocycles. The predicted molar refractivity (Wildman–Crippen MR) is 141 cm³/mol. The third-order valence-electron chi connectivity index (χ3n) is 6.53. The maximum Gasteiger partial charge on any atom is 0.198 e. The van der Waals surface area contributed by atoms with Crippen molar-refractivity contribution in [1.82, 2.24) is 0 Å². The number of benzene rings is 3. The molecule has 0 aliphatic carbocycles. The van der Waals surface area contributed by atoms with E-state index in [2.05, 4.69) is 50.2 Å². The molecule has 0 fully saturated rings. The van der Waals surface area contributed by atoms with Crippen molar-refractivity contribution in [2.75, 3.05) is 0 Å². The zero-order valence-corrected chi connectivity index (χ0v) is 20.6. The van der Waals surface area contributed by atoms with E-state index in [9.17, 15) is 0 Å². The van der Waals surface area contributed by atoms with Crippen LogP contribution in [0, 0.1) is 10.5 Å². The van der Waals surface area contributed by atoms with Gasteiger partial charge in [-0.25, -0.2) is 4.39 Å². The average Bonchev–Trinajstić information content (AvgIpc) is 2.83. The summed E-state index contributed by atoms with van der Waals surface area (Å²) in [5.74, 6) is -0.260. The maximum absolute atomic E-state index is 15.3. The van der Waals surface area contributed by atoms with Crippen LogP contribution < -0.4 is 0 Å². The van der Waals surface area contributed by atoms with Gasteiger partial charge in [0.2, 0.25) is 0 Å². The van der Waals surface area contributed by atoms with Crippen LogP contribution in [0.3, 0.4) is 0 Å². The predicted octanol–water partition coefficient (Wildman–Crippen LogP) is 9.98. The van der Waals surface area contributed by atoms with Crippen LogP contribution in [-0.4, -0.2) is 0 Å². The summed E-state index contributed by atoms with van der Waals surface area (Å²) in [5, 5.41) is 2.58. The Bertz CT molecular complexity index is 1290. The van der Waals surface area contributed by atoms with Crippen molar-refractivity contribution in [3.63, 3.8) is 0 Å². The van der Waals surface area contributed by atoms with Crippen molar-refractivity contribution < 1.29 is 8.81 Å². The van der Waals surface area contributed by atoms with Gasteiger partial charge in [-0.3, -0.25) is 0 Å². The minimum atomic E-state index is -0.260. The van der Waals surface area contributed by atoms with E-state index >= 15 is 4.39 Å². The monoisotopic (exact) mass is 460 g/mol. The molecule has 1 aromatic heterocycles. The van der Waals surface area contributed by atoms with E-state index in [1.54, 1.807) is 0 Å². The highest BCUT2D eigenvalue weighted by Crippen LogP contribution is 2.33. The Balaban J connectivity index is 1.62.